The second-order valence-corrected chi connectivity index (χ2v) is 5.82. The summed E-state index contributed by atoms with van der Waals surface area (Å²) >= 11 is 0. The van der Waals surface area contributed by atoms with E-state index in [1.165, 1.54) is 0 Å². The van der Waals surface area contributed by atoms with Gasteiger partial charge in [-0.2, -0.15) is 0 Å². The van der Waals surface area contributed by atoms with Gasteiger partial charge in [0, 0.05) is 23.7 Å². The molecule has 0 spiro atoms. The first kappa shape index (κ1) is 13.9. The summed E-state index contributed by atoms with van der Waals surface area (Å²) < 4.78 is 0. The lowest BCUT2D eigenvalue weighted by Crippen LogP contribution is -2.26. The fourth-order valence-corrected chi connectivity index (χ4v) is 3.32. The number of hydrogen-bond acceptors (Lipinski definition) is 2. The predicted octanol–water partition coefficient (Wildman–Crippen LogP) is 2.59. The van der Waals surface area contributed by atoms with E-state index in [-0.39, 0.29) is 17.7 Å². The molecule has 0 radical (unpaired) electrons. The first-order valence-electron chi connectivity index (χ1n) is 7.55. The molecule has 1 saturated carbocycles. The molecule has 110 valence electrons. The van der Waals surface area contributed by atoms with Crippen LogP contribution in [0.3, 0.4) is 0 Å². The minimum atomic E-state index is -0.114. The zero-order valence-corrected chi connectivity index (χ0v) is 12.1. The van der Waals surface area contributed by atoms with Gasteiger partial charge in [0.05, 0.1) is 0 Å². The number of nitrogens with one attached hydrogen (secondary N) is 2. The van der Waals surface area contributed by atoms with Crippen molar-refractivity contribution < 1.29 is 9.59 Å². The van der Waals surface area contributed by atoms with Gasteiger partial charge in [-0.3, -0.25) is 9.59 Å². The molecule has 0 heterocycles. The van der Waals surface area contributed by atoms with E-state index in [9.17, 15) is 9.59 Å². The molecule has 1 aromatic rings. The van der Waals surface area contributed by atoms with Crippen LogP contribution in [0.5, 0.6) is 0 Å². The summed E-state index contributed by atoms with van der Waals surface area (Å²) in [6.45, 7) is 2.47. The van der Waals surface area contributed by atoms with Crippen LogP contribution in [-0.2, 0) is 4.79 Å². The molecule has 2 amide bonds. The zero-order valence-electron chi connectivity index (χ0n) is 12.1. The Morgan fingerprint density at radius 3 is 2.76 bits per heavy atom. The first-order chi connectivity index (χ1) is 10.2. The molecular formula is C17H20N2O2. The van der Waals surface area contributed by atoms with Crippen LogP contribution in [0.15, 0.2) is 36.4 Å². The van der Waals surface area contributed by atoms with Gasteiger partial charge in [-0.25, -0.2) is 0 Å². The van der Waals surface area contributed by atoms with Gasteiger partial charge in [0.15, 0.2) is 0 Å². The largest absolute Gasteiger partial charge is 0.352 e. The third-order valence-corrected chi connectivity index (χ3v) is 4.35. The maximum absolute atomic E-state index is 12.4. The van der Waals surface area contributed by atoms with E-state index < -0.39 is 0 Å². The Labute approximate surface area is 124 Å². The average Bonchev–Trinajstić information content (AvgIpc) is 3.10. The van der Waals surface area contributed by atoms with Crippen molar-refractivity contribution in [3.05, 3.63) is 42.0 Å². The quantitative estimate of drug-likeness (QED) is 0.835. The number of carbonyl (C=O) groups excluding carboxylic acids is 2. The number of amides is 2. The van der Waals surface area contributed by atoms with Crippen LogP contribution in [0.2, 0.25) is 0 Å². The maximum Gasteiger partial charge on any atom is 0.251 e. The van der Waals surface area contributed by atoms with Crippen molar-refractivity contribution in [1.82, 2.24) is 5.32 Å². The van der Waals surface area contributed by atoms with Crippen LogP contribution in [-0.4, -0.2) is 18.4 Å². The molecule has 0 aromatic heterocycles. The number of allylic oxidation sites excluding steroid dienone is 2. The summed E-state index contributed by atoms with van der Waals surface area (Å²) in [5, 5.41) is 5.71. The van der Waals surface area contributed by atoms with Gasteiger partial charge in [-0.1, -0.05) is 18.2 Å². The smallest absolute Gasteiger partial charge is 0.251 e. The van der Waals surface area contributed by atoms with Gasteiger partial charge < -0.3 is 10.6 Å². The zero-order chi connectivity index (χ0) is 14.8. The number of fused-ring (bicyclic) bond motifs is 2. The highest BCUT2D eigenvalue weighted by Gasteiger charge is 2.39. The van der Waals surface area contributed by atoms with Gasteiger partial charge >= 0.3 is 0 Å². The van der Waals surface area contributed by atoms with Gasteiger partial charge in [0.1, 0.15) is 0 Å². The van der Waals surface area contributed by atoms with Crippen molar-refractivity contribution in [2.24, 2.45) is 17.8 Å². The summed E-state index contributed by atoms with van der Waals surface area (Å²) in [5.74, 6) is 0.999. The molecule has 0 aliphatic heterocycles. The highest BCUT2D eigenvalue weighted by molar-refractivity contribution is 5.97. The first-order valence-corrected chi connectivity index (χ1v) is 7.55. The van der Waals surface area contributed by atoms with Crippen LogP contribution < -0.4 is 10.6 Å². The van der Waals surface area contributed by atoms with Crippen molar-refractivity contribution in [3.63, 3.8) is 0 Å². The van der Waals surface area contributed by atoms with Gasteiger partial charge in [-0.15, -0.1) is 0 Å². The average molecular weight is 284 g/mol. The van der Waals surface area contributed by atoms with E-state index >= 15 is 0 Å². The molecule has 2 N–H and O–H groups in total. The van der Waals surface area contributed by atoms with E-state index in [2.05, 4.69) is 22.8 Å². The molecule has 3 rings (SSSR count). The Morgan fingerprint density at radius 1 is 1.24 bits per heavy atom. The highest BCUT2D eigenvalue weighted by Crippen LogP contribution is 2.43. The number of anilines is 1. The van der Waals surface area contributed by atoms with Gasteiger partial charge in [0.25, 0.3) is 5.91 Å². The van der Waals surface area contributed by atoms with Crippen LogP contribution in [0.25, 0.3) is 0 Å². The summed E-state index contributed by atoms with van der Waals surface area (Å²) in [7, 11) is 0. The summed E-state index contributed by atoms with van der Waals surface area (Å²) in [5.41, 5.74) is 1.26. The summed E-state index contributed by atoms with van der Waals surface area (Å²) in [6.07, 6.45) is 6.45. The number of benzene rings is 1. The van der Waals surface area contributed by atoms with Crippen LogP contribution in [0.4, 0.5) is 5.69 Å². The maximum atomic E-state index is 12.4. The normalized spacial score (nSPS) is 25.9. The standard InChI is InChI=1S/C17H20N2O2/c1-2-18-16(20)13-4-3-5-14(10-13)19-17(21)15-9-11-6-7-12(15)8-11/h3-7,10-12,15H,2,8-9H2,1H3,(H,18,20)(H,19,21)/t11-,12-,15-/m0/s1. The molecule has 2 aliphatic rings. The van der Waals surface area contributed by atoms with Crippen LogP contribution >= 0.6 is 0 Å². The van der Waals surface area contributed by atoms with Crippen molar-refractivity contribution in [1.29, 1.82) is 0 Å². The molecule has 3 atom stereocenters. The fraction of sp³-hybridized carbons (Fsp3) is 0.412. The lowest BCUT2D eigenvalue weighted by atomic mass is 9.93. The van der Waals surface area contributed by atoms with Crippen molar-refractivity contribution >= 4 is 17.5 Å². The Kier molecular flexibility index (Phi) is 3.78. The van der Waals surface area contributed by atoms with E-state index in [0.29, 0.717) is 29.6 Å². The lowest BCUT2D eigenvalue weighted by Gasteiger charge is -2.17. The van der Waals surface area contributed by atoms with E-state index in [1.807, 2.05) is 13.0 Å². The monoisotopic (exact) mass is 284 g/mol. The van der Waals surface area contributed by atoms with Gasteiger partial charge in [0.2, 0.25) is 5.91 Å². The molecule has 4 heteroatoms. The number of hydrogen-bond donors (Lipinski definition) is 2. The Morgan fingerprint density at radius 2 is 2.10 bits per heavy atom. The molecule has 1 aromatic carbocycles. The minimum absolute atomic E-state index is 0.0694. The number of rotatable bonds is 4. The van der Waals surface area contributed by atoms with Crippen LogP contribution in [0, 0.1) is 17.8 Å². The van der Waals surface area contributed by atoms with Gasteiger partial charge in [-0.05, 0) is 49.8 Å². The van der Waals surface area contributed by atoms with Crippen LogP contribution in [0.1, 0.15) is 30.1 Å². The Bertz CT molecular complexity index is 594. The summed E-state index contributed by atoms with van der Waals surface area (Å²) in [4.78, 5) is 24.2. The minimum Gasteiger partial charge on any atom is -0.352 e. The van der Waals surface area contributed by atoms with Crippen molar-refractivity contribution in [2.75, 3.05) is 11.9 Å². The second-order valence-electron chi connectivity index (χ2n) is 5.82. The molecule has 4 nitrogen and oxygen atoms in total. The topological polar surface area (TPSA) is 58.2 Å². The Balaban J connectivity index is 1.67. The Hall–Kier alpha value is -2.10. The van der Waals surface area contributed by atoms with E-state index in [4.69, 9.17) is 0 Å². The molecule has 0 unspecified atom stereocenters. The lowest BCUT2D eigenvalue weighted by molar-refractivity contribution is -0.120. The molecule has 21 heavy (non-hydrogen) atoms. The molecule has 2 bridgehead atoms. The number of carbonyl (C=O) groups is 2. The molecule has 1 fully saturated rings. The summed E-state index contributed by atoms with van der Waals surface area (Å²) in [6, 6.07) is 7.09. The predicted molar refractivity (Wildman–Crippen MR) is 81.9 cm³/mol. The third-order valence-electron chi connectivity index (χ3n) is 4.35. The SMILES string of the molecule is CCNC(=O)c1cccc(NC(=O)[C@H]2C[C@H]3C=C[C@H]2C3)c1. The molecular weight excluding hydrogens is 264 g/mol. The third kappa shape index (κ3) is 2.84. The second kappa shape index (κ2) is 5.72. The van der Waals surface area contributed by atoms with Crippen molar-refractivity contribution in [2.45, 2.75) is 19.8 Å². The fourth-order valence-electron chi connectivity index (χ4n) is 3.32. The van der Waals surface area contributed by atoms with E-state index in [1.54, 1.807) is 18.2 Å². The molecule has 2 aliphatic carbocycles. The molecule has 0 saturated heterocycles. The van der Waals surface area contributed by atoms with Crippen molar-refractivity contribution in [3.8, 4) is 0 Å². The van der Waals surface area contributed by atoms with E-state index in [0.717, 1.165) is 12.8 Å². The highest BCUT2D eigenvalue weighted by atomic mass is 16.2.